The second-order valence-electron chi connectivity index (χ2n) is 3.50. The zero-order valence-electron chi connectivity index (χ0n) is 9.62. The Balaban J connectivity index is 2.92. The maximum Gasteiger partial charge on any atom is 0.305 e. The largest absolute Gasteiger partial charge is 0.426 e. The summed E-state index contributed by atoms with van der Waals surface area (Å²) in [6.07, 6.45) is 7.11. The predicted octanol–water partition coefficient (Wildman–Crippen LogP) is 0.504. The van der Waals surface area contributed by atoms with E-state index in [0.717, 1.165) is 0 Å². The van der Waals surface area contributed by atoms with E-state index in [9.17, 15) is 14.7 Å². The zero-order chi connectivity index (χ0) is 12.9. The van der Waals surface area contributed by atoms with Crippen LogP contribution in [0.15, 0.2) is 36.0 Å². The second kappa shape index (κ2) is 5.56. The number of carbonyl (C=O) groups is 2. The van der Waals surface area contributed by atoms with Gasteiger partial charge in [-0.3, -0.25) is 9.59 Å². The van der Waals surface area contributed by atoms with Gasteiger partial charge in [-0.15, -0.1) is 0 Å². The summed E-state index contributed by atoms with van der Waals surface area (Å²) >= 11 is 0. The van der Waals surface area contributed by atoms with E-state index in [4.69, 9.17) is 9.47 Å². The van der Waals surface area contributed by atoms with Crippen molar-refractivity contribution in [2.24, 2.45) is 0 Å². The second-order valence-corrected chi connectivity index (χ2v) is 3.50. The first-order valence-electron chi connectivity index (χ1n) is 4.99. The minimum absolute atomic E-state index is 0.612. The van der Waals surface area contributed by atoms with Gasteiger partial charge in [-0.05, 0) is 23.8 Å². The summed E-state index contributed by atoms with van der Waals surface area (Å²) in [6, 6.07) is 0. The number of rotatable bonds is 4. The summed E-state index contributed by atoms with van der Waals surface area (Å²) in [6.45, 7) is 1.20. The summed E-state index contributed by atoms with van der Waals surface area (Å²) in [7, 11) is 1.38. The third-order valence-electron chi connectivity index (χ3n) is 2.19. The maximum atomic E-state index is 10.9. The molecule has 0 saturated heterocycles. The van der Waals surface area contributed by atoms with Crippen LogP contribution in [-0.4, -0.2) is 36.4 Å². The zero-order valence-corrected chi connectivity index (χ0v) is 9.62. The average Bonchev–Trinajstić information content (AvgIpc) is 2.26. The van der Waals surface area contributed by atoms with Crippen molar-refractivity contribution in [2.45, 2.75) is 18.8 Å². The van der Waals surface area contributed by atoms with E-state index in [2.05, 4.69) is 0 Å². The predicted molar refractivity (Wildman–Crippen MR) is 59.9 cm³/mol. The lowest BCUT2D eigenvalue weighted by Crippen LogP contribution is -2.45. The van der Waals surface area contributed by atoms with Crippen LogP contribution in [0.5, 0.6) is 0 Å². The minimum Gasteiger partial charge on any atom is -0.426 e. The SMILES string of the molecule is COC1C=C(/C=C/C=O)C=CC1(O)OC(C)=O. The van der Waals surface area contributed by atoms with Gasteiger partial charge in [0.1, 0.15) is 12.4 Å². The maximum absolute atomic E-state index is 10.9. The number of methoxy groups -OCH3 is 1. The van der Waals surface area contributed by atoms with Gasteiger partial charge in [-0.1, -0.05) is 12.2 Å². The van der Waals surface area contributed by atoms with Crippen LogP contribution in [-0.2, 0) is 19.1 Å². The fourth-order valence-corrected chi connectivity index (χ4v) is 1.48. The molecule has 2 unspecified atom stereocenters. The molecular formula is C12H14O5. The molecular weight excluding hydrogens is 224 g/mol. The van der Waals surface area contributed by atoms with Crippen molar-refractivity contribution >= 4 is 12.3 Å². The molecule has 0 heterocycles. The van der Waals surface area contributed by atoms with E-state index in [1.165, 1.54) is 26.2 Å². The minimum atomic E-state index is -1.81. The molecule has 17 heavy (non-hydrogen) atoms. The third kappa shape index (κ3) is 3.37. The monoisotopic (exact) mass is 238 g/mol. The molecule has 2 atom stereocenters. The molecule has 0 fully saturated rings. The summed E-state index contributed by atoms with van der Waals surface area (Å²) in [5.74, 6) is -2.42. The Morgan fingerprint density at radius 3 is 2.82 bits per heavy atom. The number of esters is 1. The molecule has 0 aromatic heterocycles. The topological polar surface area (TPSA) is 72.8 Å². The lowest BCUT2D eigenvalue weighted by molar-refractivity contribution is -0.217. The van der Waals surface area contributed by atoms with Crippen molar-refractivity contribution in [3.05, 3.63) is 36.0 Å². The van der Waals surface area contributed by atoms with Gasteiger partial charge in [0.15, 0.2) is 0 Å². The molecule has 0 saturated carbocycles. The number of carbonyl (C=O) groups excluding carboxylic acids is 2. The van der Waals surface area contributed by atoms with E-state index in [1.54, 1.807) is 18.2 Å². The summed E-state index contributed by atoms with van der Waals surface area (Å²) in [5.41, 5.74) is 0.681. The van der Waals surface area contributed by atoms with E-state index in [1.807, 2.05) is 0 Å². The summed E-state index contributed by atoms with van der Waals surface area (Å²) in [5, 5.41) is 10.1. The van der Waals surface area contributed by atoms with E-state index < -0.39 is 17.9 Å². The van der Waals surface area contributed by atoms with Crippen LogP contribution in [0.3, 0.4) is 0 Å². The van der Waals surface area contributed by atoms with Gasteiger partial charge < -0.3 is 14.6 Å². The first-order valence-corrected chi connectivity index (χ1v) is 4.99. The van der Waals surface area contributed by atoms with Gasteiger partial charge >= 0.3 is 5.97 Å². The van der Waals surface area contributed by atoms with Crippen molar-refractivity contribution in [1.82, 2.24) is 0 Å². The highest BCUT2D eigenvalue weighted by molar-refractivity contribution is 5.67. The van der Waals surface area contributed by atoms with E-state index >= 15 is 0 Å². The lowest BCUT2D eigenvalue weighted by Gasteiger charge is -2.32. The Bertz CT molecular complexity index is 394. The Kier molecular flexibility index (Phi) is 4.37. The number of allylic oxidation sites excluding steroid dienone is 4. The molecule has 0 bridgehead atoms. The van der Waals surface area contributed by atoms with Crippen molar-refractivity contribution in [2.75, 3.05) is 7.11 Å². The highest BCUT2D eigenvalue weighted by Gasteiger charge is 2.38. The highest BCUT2D eigenvalue weighted by atomic mass is 16.7. The third-order valence-corrected chi connectivity index (χ3v) is 2.19. The number of hydrogen-bond donors (Lipinski definition) is 1. The number of ether oxygens (including phenoxy) is 2. The molecule has 1 rings (SSSR count). The molecule has 0 radical (unpaired) electrons. The molecule has 5 nitrogen and oxygen atoms in total. The van der Waals surface area contributed by atoms with E-state index in [-0.39, 0.29) is 0 Å². The van der Waals surface area contributed by atoms with Crippen molar-refractivity contribution in [3.8, 4) is 0 Å². The average molecular weight is 238 g/mol. The molecule has 1 aliphatic carbocycles. The molecule has 92 valence electrons. The Morgan fingerprint density at radius 1 is 1.59 bits per heavy atom. The molecule has 0 spiro atoms. The number of aliphatic hydroxyl groups is 1. The van der Waals surface area contributed by atoms with Crippen LogP contribution in [0.2, 0.25) is 0 Å². The van der Waals surface area contributed by atoms with Crippen LogP contribution in [0.1, 0.15) is 6.92 Å². The van der Waals surface area contributed by atoms with Gasteiger partial charge in [-0.2, -0.15) is 0 Å². The smallest absolute Gasteiger partial charge is 0.305 e. The number of aldehydes is 1. The van der Waals surface area contributed by atoms with Crippen LogP contribution >= 0.6 is 0 Å². The molecule has 1 aliphatic rings. The standard InChI is InChI=1S/C12H14O5/c1-9(14)17-12(15)6-5-10(4-3-7-13)8-11(12)16-2/h3-8,11,15H,1-2H3/b4-3+. The Hall–Kier alpha value is -1.72. The van der Waals surface area contributed by atoms with Gasteiger partial charge in [0.2, 0.25) is 0 Å². The van der Waals surface area contributed by atoms with Crippen LogP contribution < -0.4 is 0 Å². The van der Waals surface area contributed by atoms with Crippen molar-refractivity contribution < 1.29 is 24.2 Å². The number of hydrogen-bond acceptors (Lipinski definition) is 5. The summed E-state index contributed by atoms with van der Waals surface area (Å²) in [4.78, 5) is 21.1. The Morgan fingerprint density at radius 2 is 2.29 bits per heavy atom. The molecule has 0 aromatic rings. The fraction of sp³-hybridized carbons (Fsp3) is 0.333. The van der Waals surface area contributed by atoms with Crippen molar-refractivity contribution in [3.63, 3.8) is 0 Å². The van der Waals surface area contributed by atoms with Crippen LogP contribution in [0.25, 0.3) is 0 Å². The van der Waals surface area contributed by atoms with Gasteiger partial charge in [0.05, 0.1) is 0 Å². The molecule has 0 aliphatic heterocycles. The van der Waals surface area contributed by atoms with Gasteiger partial charge in [0.25, 0.3) is 5.79 Å². The molecule has 0 aromatic carbocycles. The molecule has 5 heteroatoms. The normalized spacial score (nSPS) is 27.9. The first kappa shape index (κ1) is 13.3. The first-order chi connectivity index (χ1) is 8.01. The Labute approximate surface area is 99.0 Å². The molecule has 1 N–H and O–H groups in total. The van der Waals surface area contributed by atoms with Crippen LogP contribution in [0, 0.1) is 0 Å². The van der Waals surface area contributed by atoms with E-state index in [0.29, 0.717) is 11.9 Å². The van der Waals surface area contributed by atoms with Crippen molar-refractivity contribution in [1.29, 1.82) is 0 Å². The molecule has 0 amide bonds. The quantitative estimate of drug-likeness (QED) is 0.334. The van der Waals surface area contributed by atoms with Crippen LogP contribution in [0.4, 0.5) is 0 Å². The lowest BCUT2D eigenvalue weighted by atomic mass is 9.98. The van der Waals surface area contributed by atoms with Gasteiger partial charge in [-0.25, -0.2) is 0 Å². The summed E-state index contributed by atoms with van der Waals surface area (Å²) < 4.78 is 9.84. The fourth-order valence-electron chi connectivity index (χ4n) is 1.48. The highest BCUT2D eigenvalue weighted by Crippen LogP contribution is 2.25. The van der Waals surface area contributed by atoms with Gasteiger partial charge in [0, 0.05) is 14.0 Å².